The van der Waals surface area contributed by atoms with Gasteiger partial charge in [-0.1, -0.05) is 0 Å². The van der Waals surface area contributed by atoms with Gasteiger partial charge in [-0.3, -0.25) is 14.9 Å². The topological polar surface area (TPSA) is 75.5 Å². The van der Waals surface area contributed by atoms with Gasteiger partial charge in [0.25, 0.3) is 11.6 Å². The molecule has 0 aromatic heterocycles. The highest BCUT2D eigenvalue weighted by atomic mass is 16.6. The largest absolute Gasteiger partial charge is 0.331 e. The van der Waals surface area contributed by atoms with Crippen LogP contribution in [0.3, 0.4) is 0 Å². The molecule has 2 fully saturated rings. The Kier molecular flexibility index (Phi) is 3.17. The van der Waals surface area contributed by atoms with Crippen LogP contribution in [-0.4, -0.2) is 40.9 Å². The molecule has 1 aromatic carbocycles. The summed E-state index contributed by atoms with van der Waals surface area (Å²) in [6, 6.07) is 6.35. The van der Waals surface area contributed by atoms with Crippen molar-refractivity contribution < 1.29 is 9.72 Å². The van der Waals surface area contributed by atoms with Crippen LogP contribution in [0.2, 0.25) is 0 Å². The number of rotatable bonds is 2. The SMILES string of the molecule is CC1CC2CNCC2N1C(=O)c1ccc([N+](=O)[O-])cc1. The van der Waals surface area contributed by atoms with Gasteiger partial charge in [-0.25, -0.2) is 0 Å². The summed E-state index contributed by atoms with van der Waals surface area (Å²) in [5.41, 5.74) is 0.534. The van der Waals surface area contributed by atoms with Crippen molar-refractivity contribution >= 4 is 11.6 Å². The van der Waals surface area contributed by atoms with Crippen molar-refractivity contribution in [2.24, 2.45) is 5.92 Å². The van der Waals surface area contributed by atoms with Gasteiger partial charge >= 0.3 is 0 Å². The maximum Gasteiger partial charge on any atom is 0.269 e. The molecule has 0 bridgehead atoms. The minimum atomic E-state index is -0.455. The molecule has 106 valence electrons. The number of likely N-dealkylation sites (tertiary alicyclic amines) is 1. The summed E-state index contributed by atoms with van der Waals surface area (Å²) in [5.74, 6) is 0.510. The predicted molar refractivity (Wildman–Crippen MR) is 73.5 cm³/mol. The molecule has 2 aliphatic rings. The first-order valence-corrected chi connectivity index (χ1v) is 6.86. The summed E-state index contributed by atoms with van der Waals surface area (Å²) >= 11 is 0. The second kappa shape index (κ2) is 4.86. The molecule has 20 heavy (non-hydrogen) atoms. The maximum atomic E-state index is 12.6. The number of carbonyl (C=O) groups is 1. The molecule has 2 heterocycles. The number of benzene rings is 1. The van der Waals surface area contributed by atoms with E-state index in [2.05, 4.69) is 12.2 Å². The molecule has 0 aliphatic carbocycles. The van der Waals surface area contributed by atoms with Crippen LogP contribution in [0.15, 0.2) is 24.3 Å². The van der Waals surface area contributed by atoms with E-state index in [4.69, 9.17) is 0 Å². The van der Waals surface area contributed by atoms with Crippen LogP contribution in [0, 0.1) is 16.0 Å². The second-order valence-electron chi connectivity index (χ2n) is 5.59. The number of carbonyl (C=O) groups excluding carboxylic acids is 1. The minimum Gasteiger partial charge on any atom is -0.331 e. The number of nitrogens with zero attached hydrogens (tertiary/aromatic N) is 2. The third-order valence-corrected chi connectivity index (χ3v) is 4.34. The van der Waals surface area contributed by atoms with Gasteiger partial charge in [-0.2, -0.15) is 0 Å². The quantitative estimate of drug-likeness (QED) is 0.654. The standard InChI is InChI=1S/C14H17N3O3/c1-9-6-11-7-15-8-13(11)16(9)14(18)10-2-4-12(5-3-10)17(19)20/h2-5,9,11,13,15H,6-8H2,1H3. The Morgan fingerprint density at radius 3 is 2.70 bits per heavy atom. The Balaban J connectivity index is 1.83. The maximum absolute atomic E-state index is 12.6. The number of nitro groups is 1. The lowest BCUT2D eigenvalue weighted by atomic mass is 10.0. The highest BCUT2D eigenvalue weighted by Crippen LogP contribution is 2.33. The van der Waals surface area contributed by atoms with Crippen LogP contribution < -0.4 is 5.32 Å². The van der Waals surface area contributed by atoms with Crippen molar-refractivity contribution in [1.29, 1.82) is 0 Å². The number of nitro benzene ring substituents is 1. The first-order valence-electron chi connectivity index (χ1n) is 6.86. The van der Waals surface area contributed by atoms with Crippen LogP contribution in [0.1, 0.15) is 23.7 Å². The number of hydrogen-bond donors (Lipinski definition) is 1. The molecule has 0 saturated carbocycles. The summed E-state index contributed by atoms with van der Waals surface area (Å²) in [4.78, 5) is 24.7. The van der Waals surface area contributed by atoms with E-state index >= 15 is 0 Å². The molecule has 0 spiro atoms. The van der Waals surface area contributed by atoms with E-state index in [-0.39, 0.29) is 23.7 Å². The van der Waals surface area contributed by atoms with E-state index in [1.807, 2.05) is 4.90 Å². The van der Waals surface area contributed by atoms with Crippen molar-refractivity contribution in [3.05, 3.63) is 39.9 Å². The molecular weight excluding hydrogens is 258 g/mol. The fourth-order valence-corrected chi connectivity index (χ4v) is 3.39. The average molecular weight is 275 g/mol. The van der Waals surface area contributed by atoms with Crippen molar-refractivity contribution in [3.63, 3.8) is 0 Å². The lowest BCUT2D eigenvalue weighted by Gasteiger charge is -2.27. The fraction of sp³-hybridized carbons (Fsp3) is 0.500. The van der Waals surface area contributed by atoms with Crippen LogP contribution >= 0.6 is 0 Å². The van der Waals surface area contributed by atoms with Gasteiger partial charge in [0.15, 0.2) is 0 Å². The molecule has 3 rings (SSSR count). The average Bonchev–Trinajstić information content (AvgIpc) is 2.98. The Morgan fingerprint density at radius 1 is 1.35 bits per heavy atom. The van der Waals surface area contributed by atoms with E-state index < -0.39 is 4.92 Å². The summed E-state index contributed by atoms with van der Waals surface area (Å²) < 4.78 is 0. The highest BCUT2D eigenvalue weighted by Gasteiger charge is 2.44. The number of fused-ring (bicyclic) bond motifs is 1. The number of hydrogen-bond acceptors (Lipinski definition) is 4. The van der Waals surface area contributed by atoms with Crippen molar-refractivity contribution in [3.8, 4) is 0 Å². The molecule has 1 amide bonds. The number of non-ortho nitro benzene ring substituents is 1. The van der Waals surface area contributed by atoms with Crippen LogP contribution in [0.4, 0.5) is 5.69 Å². The van der Waals surface area contributed by atoms with Gasteiger partial charge in [-0.05, 0) is 31.4 Å². The van der Waals surface area contributed by atoms with Crippen LogP contribution in [0.5, 0.6) is 0 Å². The molecule has 0 radical (unpaired) electrons. The number of nitrogens with one attached hydrogen (secondary N) is 1. The Hall–Kier alpha value is -1.95. The Morgan fingerprint density at radius 2 is 2.05 bits per heavy atom. The van der Waals surface area contributed by atoms with Gasteiger partial charge < -0.3 is 10.2 Å². The fourth-order valence-electron chi connectivity index (χ4n) is 3.39. The molecule has 6 heteroatoms. The van der Waals surface area contributed by atoms with E-state index in [1.165, 1.54) is 12.1 Å². The minimum absolute atomic E-state index is 0.0106. The molecule has 1 aromatic rings. The smallest absolute Gasteiger partial charge is 0.269 e. The van der Waals surface area contributed by atoms with Gasteiger partial charge in [0, 0.05) is 42.9 Å². The van der Waals surface area contributed by atoms with Gasteiger partial charge in [0.2, 0.25) is 0 Å². The lowest BCUT2D eigenvalue weighted by molar-refractivity contribution is -0.384. The predicted octanol–water partition coefficient (Wildman–Crippen LogP) is 1.42. The third-order valence-electron chi connectivity index (χ3n) is 4.34. The number of amides is 1. The molecule has 3 unspecified atom stereocenters. The Labute approximate surface area is 116 Å². The van der Waals surface area contributed by atoms with Crippen molar-refractivity contribution in [1.82, 2.24) is 10.2 Å². The molecule has 2 saturated heterocycles. The van der Waals surface area contributed by atoms with Crippen LogP contribution in [0.25, 0.3) is 0 Å². The molecule has 2 aliphatic heterocycles. The van der Waals surface area contributed by atoms with Gasteiger partial charge in [0.1, 0.15) is 0 Å². The molecule has 6 nitrogen and oxygen atoms in total. The summed E-state index contributed by atoms with van der Waals surface area (Å²) in [6.07, 6.45) is 1.02. The molecule has 3 atom stereocenters. The van der Waals surface area contributed by atoms with E-state index in [0.29, 0.717) is 11.5 Å². The summed E-state index contributed by atoms with van der Waals surface area (Å²) in [5, 5.41) is 14.0. The molecule has 1 N–H and O–H groups in total. The van der Waals surface area contributed by atoms with E-state index in [1.54, 1.807) is 12.1 Å². The zero-order valence-corrected chi connectivity index (χ0v) is 11.3. The van der Waals surface area contributed by atoms with E-state index in [0.717, 1.165) is 19.5 Å². The second-order valence-corrected chi connectivity index (χ2v) is 5.59. The van der Waals surface area contributed by atoms with Crippen LogP contribution in [-0.2, 0) is 0 Å². The third kappa shape index (κ3) is 2.06. The molecular formula is C14H17N3O3. The van der Waals surface area contributed by atoms with Gasteiger partial charge in [-0.15, -0.1) is 0 Å². The van der Waals surface area contributed by atoms with E-state index in [9.17, 15) is 14.9 Å². The van der Waals surface area contributed by atoms with Gasteiger partial charge in [0.05, 0.1) is 4.92 Å². The zero-order valence-electron chi connectivity index (χ0n) is 11.3. The zero-order chi connectivity index (χ0) is 14.3. The monoisotopic (exact) mass is 275 g/mol. The normalized spacial score (nSPS) is 28.4. The first kappa shape index (κ1) is 13.1. The summed E-state index contributed by atoms with van der Waals surface area (Å²) in [6.45, 7) is 3.88. The highest BCUT2D eigenvalue weighted by molar-refractivity contribution is 5.95. The lowest BCUT2D eigenvalue weighted by Crippen LogP contribution is -2.42. The van der Waals surface area contributed by atoms with Crippen molar-refractivity contribution in [2.75, 3.05) is 13.1 Å². The first-order chi connectivity index (χ1) is 9.58. The van der Waals surface area contributed by atoms with Crippen molar-refractivity contribution in [2.45, 2.75) is 25.4 Å². The Bertz CT molecular complexity index is 543. The summed E-state index contributed by atoms with van der Waals surface area (Å²) in [7, 11) is 0.